The van der Waals surface area contributed by atoms with E-state index in [4.69, 9.17) is 12.2 Å². The first-order valence-electron chi connectivity index (χ1n) is 4.47. The minimum atomic E-state index is 0.534. The molecule has 0 aromatic carbocycles. The fourth-order valence-corrected chi connectivity index (χ4v) is 1.83. The van der Waals surface area contributed by atoms with Crippen LogP contribution in [0.2, 0.25) is 0 Å². The second-order valence-corrected chi connectivity index (χ2v) is 3.54. The number of aromatic amines is 1. The van der Waals surface area contributed by atoms with Crippen molar-refractivity contribution < 1.29 is 0 Å². The zero-order chi connectivity index (χ0) is 9.14. The monoisotopic (exact) mass is 184 g/mol. The molecule has 1 aromatic rings. The minimum absolute atomic E-state index is 0.534. The van der Waals surface area contributed by atoms with Gasteiger partial charge in [0.2, 0.25) is 0 Å². The molecular weight excluding hydrogens is 168 g/mol. The number of H-pyrrole nitrogens is 1. The summed E-state index contributed by atoms with van der Waals surface area (Å²) in [6, 6.07) is 2.54. The minimum Gasteiger partial charge on any atom is -0.302 e. The zero-order valence-corrected chi connectivity index (χ0v) is 8.74. The molecule has 0 bridgehead atoms. The summed E-state index contributed by atoms with van der Waals surface area (Å²) in [5, 5.41) is 3.26. The third-order valence-electron chi connectivity index (χ3n) is 2.18. The number of rotatable bonds is 3. The first kappa shape index (κ1) is 9.52. The Bertz CT molecular complexity index is 294. The molecule has 0 fully saturated rings. The van der Waals surface area contributed by atoms with Gasteiger partial charge < -0.3 is 5.10 Å². The average molecular weight is 184 g/mol. The van der Waals surface area contributed by atoms with Crippen molar-refractivity contribution in [2.45, 2.75) is 39.7 Å². The van der Waals surface area contributed by atoms with Crippen LogP contribution in [0.1, 0.15) is 38.4 Å². The number of hydrogen-bond donors (Lipinski definition) is 1. The van der Waals surface area contributed by atoms with Crippen molar-refractivity contribution in [1.29, 1.82) is 0 Å². The number of hydrogen-bond acceptors (Lipinski definition) is 1. The molecule has 3 heteroatoms. The van der Waals surface area contributed by atoms with Crippen molar-refractivity contribution in [3.8, 4) is 0 Å². The van der Waals surface area contributed by atoms with E-state index in [9.17, 15) is 0 Å². The third kappa shape index (κ3) is 1.78. The van der Waals surface area contributed by atoms with Crippen LogP contribution in [-0.4, -0.2) is 9.78 Å². The van der Waals surface area contributed by atoms with Crippen LogP contribution in [0.5, 0.6) is 0 Å². The van der Waals surface area contributed by atoms with Gasteiger partial charge in [0.1, 0.15) is 4.64 Å². The topological polar surface area (TPSA) is 20.7 Å². The van der Waals surface area contributed by atoms with Gasteiger partial charge >= 0.3 is 0 Å². The van der Waals surface area contributed by atoms with Gasteiger partial charge in [-0.1, -0.05) is 26.1 Å². The van der Waals surface area contributed by atoms with Crippen LogP contribution in [0.25, 0.3) is 0 Å². The summed E-state index contributed by atoms with van der Waals surface area (Å²) in [4.78, 5) is 0. The highest BCUT2D eigenvalue weighted by molar-refractivity contribution is 7.71. The van der Waals surface area contributed by atoms with E-state index in [1.54, 1.807) is 0 Å². The van der Waals surface area contributed by atoms with E-state index in [2.05, 4.69) is 23.6 Å². The maximum absolute atomic E-state index is 5.21. The predicted molar refractivity (Wildman–Crippen MR) is 54.0 cm³/mol. The van der Waals surface area contributed by atoms with Crippen molar-refractivity contribution >= 4 is 12.2 Å². The Balaban J connectivity index is 3.00. The Morgan fingerprint density at radius 1 is 1.50 bits per heavy atom. The maximum atomic E-state index is 5.21. The van der Waals surface area contributed by atoms with Crippen molar-refractivity contribution in [2.24, 2.45) is 0 Å². The number of aromatic nitrogens is 2. The van der Waals surface area contributed by atoms with Crippen LogP contribution >= 0.6 is 12.2 Å². The Morgan fingerprint density at radius 2 is 2.08 bits per heavy atom. The maximum Gasteiger partial charge on any atom is 0.122 e. The first-order chi connectivity index (χ1) is 5.69. The highest BCUT2D eigenvalue weighted by Crippen LogP contribution is 2.15. The standard InChI is InChI=1S/C9H16N2S/c1-4-8(5-2)11-9(12)6-7(3)10-11/h6,8,10H,4-5H2,1-3H3. The van der Waals surface area contributed by atoms with Gasteiger partial charge in [-0.05, 0) is 25.8 Å². The molecule has 0 aliphatic rings. The Hall–Kier alpha value is -0.570. The van der Waals surface area contributed by atoms with Gasteiger partial charge in [0.15, 0.2) is 0 Å². The zero-order valence-electron chi connectivity index (χ0n) is 7.92. The van der Waals surface area contributed by atoms with E-state index in [1.807, 2.05) is 13.0 Å². The van der Waals surface area contributed by atoms with Crippen LogP contribution in [0.15, 0.2) is 6.07 Å². The molecule has 0 saturated carbocycles. The van der Waals surface area contributed by atoms with Crippen LogP contribution in [-0.2, 0) is 0 Å². The molecule has 1 aromatic heterocycles. The van der Waals surface area contributed by atoms with Crippen LogP contribution in [0.4, 0.5) is 0 Å². The highest BCUT2D eigenvalue weighted by Gasteiger charge is 2.06. The van der Waals surface area contributed by atoms with Crippen molar-refractivity contribution in [3.63, 3.8) is 0 Å². The predicted octanol–water partition coefficient (Wildman–Crippen LogP) is 3.22. The molecule has 2 nitrogen and oxygen atoms in total. The second kappa shape index (κ2) is 3.90. The van der Waals surface area contributed by atoms with Crippen LogP contribution in [0, 0.1) is 11.6 Å². The summed E-state index contributed by atoms with van der Waals surface area (Å²) < 4.78 is 3.01. The summed E-state index contributed by atoms with van der Waals surface area (Å²) >= 11 is 5.21. The molecule has 1 heterocycles. The van der Waals surface area contributed by atoms with E-state index in [0.29, 0.717) is 6.04 Å². The van der Waals surface area contributed by atoms with Crippen molar-refractivity contribution in [2.75, 3.05) is 0 Å². The summed E-state index contributed by atoms with van der Waals surface area (Å²) in [6.07, 6.45) is 2.26. The van der Waals surface area contributed by atoms with Gasteiger partial charge in [0.05, 0.1) is 6.04 Å². The lowest BCUT2D eigenvalue weighted by Gasteiger charge is -2.13. The SMILES string of the molecule is CCC(CC)n1[nH]c(C)cc1=S. The molecule has 0 radical (unpaired) electrons. The van der Waals surface area contributed by atoms with E-state index in [0.717, 1.165) is 23.2 Å². The summed E-state index contributed by atoms with van der Waals surface area (Å²) in [7, 11) is 0. The van der Waals surface area contributed by atoms with Gasteiger partial charge in [-0.3, -0.25) is 4.68 Å². The van der Waals surface area contributed by atoms with E-state index in [1.165, 1.54) is 0 Å². The second-order valence-electron chi connectivity index (χ2n) is 3.12. The lowest BCUT2D eigenvalue weighted by atomic mass is 10.2. The molecule has 0 saturated heterocycles. The van der Waals surface area contributed by atoms with Crippen molar-refractivity contribution in [3.05, 3.63) is 16.4 Å². The lowest BCUT2D eigenvalue weighted by molar-refractivity contribution is 0.422. The summed E-state index contributed by atoms with van der Waals surface area (Å²) in [6.45, 7) is 6.41. The fraction of sp³-hybridized carbons (Fsp3) is 0.667. The smallest absolute Gasteiger partial charge is 0.122 e. The molecule has 0 atom stereocenters. The third-order valence-corrected chi connectivity index (χ3v) is 2.50. The molecule has 0 unspecified atom stereocenters. The van der Waals surface area contributed by atoms with Crippen molar-refractivity contribution in [1.82, 2.24) is 9.78 Å². The van der Waals surface area contributed by atoms with Gasteiger partial charge in [-0.2, -0.15) is 0 Å². The van der Waals surface area contributed by atoms with Crippen LogP contribution in [0.3, 0.4) is 0 Å². The van der Waals surface area contributed by atoms with Gasteiger partial charge in [0.25, 0.3) is 0 Å². The Labute approximate surface area is 78.6 Å². The van der Waals surface area contributed by atoms with E-state index >= 15 is 0 Å². The Kier molecular flexibility index (Phi) is 3.09. The molecule has 0 spiro atoms. The molecule has 0 aliphatic carbocycles. The summed E-state index contributed by atoms with van der Waals surface area (Å²) in [5.74, 6) is 0. The quantitative estimate of drug-likeness (QED) is 0.715. The molecule has 0 amide bonds. The molecule has 68 valence electrons. The highest BCUT2D eigenvalue weighted by atomic mass is 32.1. The molecule has 0 aliphatic heterocycles. The van der Waals surface area contributed by atoms with E-state index in [-0.39, 0.29) is 0 Å². The number of nitrogens with zero attached hydrogens (tertiary/aromatic N) is 1. The first-order valence-corrected chi connectivity index (χ1v) is 4.88. The molecule has 12 heavy (non-hydrogen) atoms. The number of aryl methyl sites for hydroxylation is 1. The fourth-order valence-electron chi connectivity index (χ4n) is 1.46. The van der Waals surface area contributed by atoms with Gasteiger partial charge in [-0.25, -0.2) is 0 Å². The van der Waals surface area contributed by atoms with Gasteiger partial charge in [0, 0.05) is 5.69 Å². The largest absolute Gasteiger partial charge is 0.302 e. The van der Waals surface area contributed by atoms with E-state index < -0.39 is 0 Å². The number of nitrogens with one attached hydrogen (secondary N) is 1. The molecule has 1 rings (SSSR count). The summed E-state index contributed by atoms with van der Waals surface area (Å²) in [5.41, 5.74) is 1.15. The lowest BCUT2D eigenvalue weighted by Crippen LogP contribution is -2.08. The Morgan fingerprint density at radius 3 is 2.42 bits per heavy atom. The molecule has 1 N–H and O–H groups in total. The molecular formula is C9H16N2S. The normalized spacial score (nSPS) is 11.0. The van der Waals surface area contributed by atoms with Crippen LogP contribution < -0.4 is 0 Å². The van der Waals surface area contributed by atoms with Gasteiger partial charge in [-0.15, -0.1) is 0 Å². The average Bonchev–Trinajstić information content (AvgIpc) is 2.34.